The van der Waals surface area contributed by atoms with Crippen molar-refractivity contribution >= 4 is 16.0 Å². The minimum Gasteiger partial charge on any atom is -0.480 e. The summed E-state index contributed by atoms with van der Waals surface area (Å²) in [6.07, 6.45) is -8.49. The number of unbranched alkanes of at least 4 members (excludes halogenated alkanes) is 3. The molecule has 5 nitrogen and oxygen atoms in total. The Balaban J connectivity index is 7.01. The lowest BCUT2D eigenvalue weighted by Gasteiger charge is -2.44. The fourth-order valence-electron chi connectivity index (χ4n) is 2.63. The van der Waals surface area contributed by atoms with Gasteiger partial charge in [0.15, 0.2) is 0 Å². The quantitative estimate of drug-likeness (QED) is 0.130. The number of nitrogens with zero attached hydrogens (tertiary/aromatic N) is 1. The van der Waals surface area contributed by atoms with E-state index >= 15 is 0 Å². The first kappa shape index (κ1) is 37.2. The first-order valence-corrected chi connectivity index (χ1v) is 11.4. The minimum absolute atomic E-state index is 0.122. The van der Waals surface area contributed by atoms with Crippen LogP contribution >= 0.6 is 0 Å². The van der Waals surface area contributed by atoms with E-state index in [9.17, 15) is 87.8 Å². The highest BCUT2D eigenvalue weighted by molar-refractivity contribution is 7.89. The third kappa shape index (κ3) is 5.97. The molecule has 0 atom stereocenters. The number of sulfonamides is 1. The third-order valence-corrected chi connectivity index (χ3v) is 6.72. The van der Waals surface area contributed by atoms with Gasteiger partial charge in [0.05, 0.1) is 5.75 Å². The fourth-order valence-corrected chi connectivity index (χ4v) is 4.19. The lowest BCUT2D eigenvalue weighted by Crippen LogP contribution is -2.76. The molecule has 0 fully saturated rings. The van der Waals surface area contributed by atoms with Crippen LogP contribution in [0.2, 0.25) is 0 Å². The van der Waals surface area contributed by atoms with E-state index in [4.69, 9.17) is 5.11 Å². The molecule has 23 heteroatoms. The largest absolute Gasteiger partial charge is 0.480 e. The Morgan fingerprint density at radius 2 is 0.974 bits per heavy atom. The Hall–Kier alpha value is -1.81. The molecule has 0 spiro atoms. The molecule has 0 aromatic heterocycles. The average molecular weight is 641 g/mol. The van der Waals surface area contributed by atoms with Crippen LogP contribution in [0, 0.1) is 0 Å². The summed E-state index contributed by atoms with van der Waals surface area (Å²) in [5.41, 5.74) is 0. The summed E-state index contributed by atoms with van der Waals surface area (Å²) < 4.78 is 250. The molecule has 0 heterocycles. The predicted molar refractivity (Wildman–Crippen MR) is 93.0 cm³/mol. The van der Waals surface area contributed by atoms with Crippen molar-refractivity contribution in [3.8, 4) is 0 Å². The van der Waals surface area contributed by atoms with Crippen LogP contribution in [0.5, 0.6) is 0 Å². The Morgan fingerprint density at radius 3 is 1.31 bits per heavy atom. The van der Waals surface area contributed by atoms with Gasteiger partial charge in [-0.3, -0.25) is 4.79 Å². The van der Waals surface area contributed by atoms with Crippen molar-refractivity contribution < 1.29 is 93.0 Å². The Bertz CT molecular complexity index is 978. The SMILES string of the molecule is CCCCCCS(=O)(=O)N(CC(=O)O)C(F)(F)C(F)(F)C(F)(F)C(F)(F)C(F)(F)C(F)(F)C(F)(F)C(F)(F)F. The maximum Gasteiger partial charge on any atom is 0.460 e. The van der Waals surface area contributed by atoms with Gasteiger partial charge < -0.3 is 5.11 Å². The summed E-state index contributed by atoms with van der Waals surface area (Å²) in [4.78, 5) is 10.7. The molecule has 0 aliphatic rings. The lowest BCUT2D eigenvalue weighted by atomic mass is 9.90. The molecule has 0 bridgehead atoms. The summed E-state index contributed by atoms with van der Waals surface area (Å²) in [6.45, 7) is -1.45. The third-order valence-electron chi connectivity index (χ3n) is 4.89. The number of hydrogen-bond acceptors (Lipinski definition) is 3. The number of carbonyl (C=O) groups is 1. The fraction of sp³-hybridized carbons (Fsp3) is 0.938. The van der Waals surface area contributed by atoms with Crippen molar-refractivity contribution in [2.24, 2.45) is 0 Å². The second-order valence-corrected chi connectivity index (χ2v) is 9.78. The second-order valence-electron chi connectivity index (χ2n) is 7.76. The minimum atomic E-state index is -8.91. The van der Waals surface area contributed by atoms with Gasteiger partial charge in [0.1, 0.15) is 6.54 Å². The van der Waals surface area contributed by atoms with E-state index in [2.05, 4.69) is 0 Å². The molecule has 0 unspecified atom stereocenters. The summed E-state index contributed by atoms with van der Waals surface area (Å²) in [5, 5.41) is 8.52. The molecule has 39 heavy (non-hydrogen) atoms. The van der Waals surface area contributed by atoms with Crippen LogP contribution in [0.4, 0.5) is 74.6 Å². The van der Waals surface area contributed by atoms with Crippen molar-refractivity contribution in [3.05, 3.63) is 0 Å². The number of halogens is 17. The highest BCUT2D eigenvalue weighted by atomic mass is 32.2. The van der Waals surface area contributed by atoms with Gasteiger partial charge in [-0.1, -0.05) is 26.2 Å². The molecule has 0 saturated heterocycles. The Morgan fingerprint density at radius 1 is 0.615 bits per heavy atom. The van der Waals surface area contributed by atoms with Crippen LogP contribution in [0.25, 0.3) is 0 Å². The monoisotopic (exact) mass is 641 g/mol. The van der Waals surface area contributed by atoms with Crippen molar-refractivity contribution in [2.45, 2.75) is 80.4 Å². The van der Waals surface area contributed by atoms with Gasteiger partial charge in [0, 0.05) is 0 Å². The van der Waals surface area contributed by atoms with E-state index in [1.54, 1.807) is 0 Å². The van der Waals surface area contributed by atoms with Gasteiger partial charge in [-0.2, -0.15) is 74.6 Å². The maximum atomic E-state index is 14.4. The van der Waals surface area contributed by atoms with Gasteiger partial charge in [-0.25, -0.2) is 8.42 Å². The number of rotatable bonds is 15. The lowest BCUT2D eigenvalue weighted by molar-refractivity contribution is -0.465. The van der Waals surface area contributed by atoms with Crippen molar-refractivity contribution in [2.75, 3.05) is 12.3 Å². The van der Waals surface area contributed by atoms with Crippen molar-refractivity contribution in [1.29, 1.82) is 0 Å². The summed E-state index contributed by atoms with van der Waals surface area (Å²) >= 11 is 0. The molecule has 0 aliphatic carbocycles. The number of aliphatic carboxylic acids is 1. The summed E-state index contributed by atoms with van der Waals surface area (Å²) in [5.74, 6) is -56.6. The number of alkyl halides is 17. The van der Waals surface area contributed by atoms with Gasteiger partial charge in [0.25, 0.3) is 0 Å². The average Bonchev–Trinajstić information content (AvgIpc) is 2.73. The zero-order valence-electron chi connectivity index (χ0n) is 18.7. The van der Waals surface area contributed by atoms with Gasteiger partial charge in [-0.15, -0.1) is 4.31 Å². The van der Waals surface area contributed by atoms with E-state index in [0.29, 0.717) is 6.42 Å². The van der Waals surface area contributed by atoms with Crippen LogP contribution in [0.1, 0.15) is 32.6 Å². The van der Waals surface area contributed by atoms with Crippen molar-refractivity contribution in [3.63, 3.8) is 0 Å². The molecule has 0 amide bonds. The molecule has 0 aromatic rings. The zero-order chi connectivity index (χ0) is 31.9. The normalized spacial score (nSPS) is 15.7. The van der Waals surface area contributed by atoms with Gasteiger partial charge in [-0.05, 0) is 6.42 Å². The molecule has 0 saturated carbocycles. The van der Waals surface area contributed by atoms with E-state index in [0.717, 1.165) is 0 Å². The molecular formula is C16H16F17NO4S. The van der Waals surface area contributed by atoms with Crippen LogP contribution < -0.4 is 0 Å². The summed E-state index contributed by atoms with van der Waals surface area (Å²) in [7, 11) is -6.21. The van der Waals surface area contributed by atoms with Crippen LogP contribution in [-0.4, -0.2) is 83.9 Å². The first-order chi connectivity index (χ1) is 16.9. The Kier molecular flexibility index (Phi) is 10.4. The van der Waals surface area contributed by atoms with Crippen LogP contribution in [0.3, 0.4) is 0 Å². The van der Waals surface area contributed by atoms with Gasteiger partial charge >= 0.3 is 53.7 Å². The summed E-state index contributed by atoms with van der Waals surface area (Å²) in [6, 6.07) is -7.51. The van der Waals surface area contributed by atoms with E-state index in [1.165, 1.54) is 6.92 Å². The number of carboxylic acid groups (broad SMARTS) is 1. The highest BCUT2D eigenvalue weighted by Crippen LogP contribution is 2.64. The molecule has 0 aromatic carbocycles. The zero-order valence-corrected chi connectivity index (χ0v) is 19.5. The number of hydrogen-bond donors (Lipinski definition) is 1. The van der Waals surface area contributed by atoms with E-state index in [-0.39, 0.29) is 12.8 Å². The van der Waals surface area contributed by atoms with E-state index < -0.39 is 86.8 Å². The topological polar surface area (TPSA) is 74.7 Å². The molecule has 0 radical (unpaired) electrons. The molecule has 0 aliphatic heterocycles. The standard InChI is InChI=1S/C16H16F17NO4S/c1-2-3-4-5-6-39(37,38)34(7-8(35)36)16(32,33)14(27,28)12(23,24)10(19,20)9(17,18)11(21,22)13(25,26)15(29,30)31/h2-7H2,1H3,(H,35,36). The van der Waals surface area contributed by atoms with Gasteiger partial charge in [0.2, 0.25) is 10.0 Å². The maximum absolute atomic E-state index is 14.4. The first-order valence-electron chi connectivity index (χ1n) is 9.80. The predicted octanol–water partition coefficient (Wildman–Crippen LogP) is 6.25. The van der Waals surface area contributed by atoms with Crippen molar-refractivity contribution in [1.82, 2.24) is 4.31 Å². The number of carboxylic acids is 1. The Labute approximate surface area is 207 Å². The molecule has 1 N–H and O–H groups in total. The molecule has 0 rings (SSSR count). The van der Waals surface area contributed by atoms with E-state index in [1.807, 2.05) is 0 Å². The van der Waals surface area contributed by atoms with Crippen LogP contribution in [-0.2, 0) is 14.8 Å². The molecule has 234 valence electrons. The smallest absolute Gasteiger partial charge is 0.460 e. The van der Waals surface area contributed by atoms with Crippen LogP contribution in [0.15, 0.2) is 0 Å². The second kappa shape index (κ2) is 10.9. The highest BCUT2D eigenvalue weighted by Gasteiger charge is 2.95. The molecular weight excluding hydrogens is 625 g/mol.